The Morgan fingerprint density at radius 2 is 2.04 bits per heavy atom. The fraction of sp³-hybridized carbons (Fsp3) is 0.389. The molecule has 0 aliphatic carbocycles. The molecule has 2 amide bonds. The van der Waals surface area contributed by atoms with Crippen LogP contribution in [0.3, 0.4) is 0 Å². The van der Waals surface area contributed by atoms with Crippen LogP contribution in [0.4, 0.5) is 24.0 Å². The first kappa shape index (κ1) is 21.7. The van der Waals surface area contributed by atoms with Crippen LogP contribution >= 0.6 is 11.3 Å². The first-order valence-corrected chi connectivity index (χ1v) is 9.54. The van der Waals surface area contributed by atoms with Crippen LogP contribution in [0.15, 0.2) is 29.6 Å². The molecular weight excluding hydrogens is 393 g/mol. The standard InChI is InChI=1S/C18H21F3N4O2S/c1-3-11(2)23-15(26)7-8-22-16(27)14-10-28-17(25-14)24-13-6-4-5-12(9-13)18(19,20)21/h4-6,9-11H,3,7-8H2,1-2H3,(H,22,27)(H,23,26)(H,24,25). The molecule has 1 aromatic heterocycles. The maximum atomic E-state index is 12.8. The number of halogens is 3. The van der Waals surface area contributed by atoms with Crippen molar-refractivity contribution < 1.29 is 22.8 Å². The maximum Gasteiger partial charge on any atom is 0.416 e. The number of thiazole rings is 1. The van der Waals surface area contributed by atoms with E-state index >= 15 is 0 Å². The van der Waals surface area contributed by atoms with Crippen LogP contribution in [-0.2, 0) is 11.0 Å². The first-order chi connectivity index (χ1) is 13.2. The van der Waals surface area contributed by atoms with E-state index in [-0.39, 0.29) is 36.3 Å². The van der Waals surface area contributed by atoms with Crippen LogP contribution in [0.25, 0.3) is 0 Å². The summed E-state index contributed by atoms with van der Waals surface area (Å²) < 4.78 is 38.3. The second-order valence-corrected chi connectivity index (χ2v) is 6.98. The summed E-state index contributed by atoms with van der Waals surface area (Å²) in [6.45, 7) is 4.01. The van der Waals surface area contributed by atoms with Crippen molar-refractivity contribution in [2.45, 2.75) is 38.9 Å². The number of benzene rings is 1. The van der Waals surface area contributed by atoms with E-state index in [1.807, 2.05) is 13.8 Å². The van der Waals surface area contributed by atoms with Crippen molar-refractivity contribution in [2.24, 2.45) is 0 Å². The molecule has 2 rings (SSSR count). The van der Waals surface area contributed by atoms with E-state index in [2.05, 4.69) is 20.9 Å². The Morgan fingerprint density at radius 3 is 2.71 bits per heavy atom. The SMILES string of the molecule is CCC(C)NC(=O)CCNC(=O)c1csc(Nc2cccc(C(F)(F)F)c2)n1. The van der Waals surface area contributed by atoms with Crippen LogP contribution in [0.2, 0.25) is 0 Å². The number of hydrogen-bond acceptors (Lipinski definition) is 5. The predicted molar refractivity (Wildman–Crippen MR) is 102 cm³/mol. The van der Waals surface area contributed by atoms with Crippen molar-refractivity contribution in [1.82, 2.24) is 15.6 Å². The molecule has 0 aliphatic rings. The number of hydrogen-bond donors (Lipinski definition) is 3. The fourth-order valence-corrected chi connectivity index (χ4v) is 2.87. The van der Waals surface area contributed by atoms with Gasteiger partial charge >= 0.3 is 6.18 Å². The Kier molecular flexibility index (Phi) is 7.38. The molecule has 0 radical (unpaired) electrons. The van der Waals surface area contributed by atoms with Crippen LogP contribution in [0, 0.1) is 0 Å². The molecule has 2 aromatic rings. The molecule has 1 atom stereocenters. The summed E-state index contributed by atoms with van der Waals surface area (Å²) >= 11 is 1.09. The van der Waals surface area contributed by atoms with Gasteiger partial charge in [0.15, 0.2) is 5.13 Å². The summed E-state index contributed by atoms with van der Waals surface area (Å²) in [6, 6.07) is 4.79. The van der Waals surface area contributed by atoms with Gasteiger partial charge in [-0.1, -0.05) is 13.0 Å². The molecule has 10 heteroatoms. The number of anilines is 2. The van der Waals surface area contributed by atoms with Gasteiger partial charge in [-0.25, -0.2) is 4.98 Å². The molecule has 0 spiro atoms. The Morgan fingerprint density at radius 1 is 1.29 bits per heavy atom. The quantitative estimate of drug-likeness (QED) is 0.611. The Balaban J connectivity index is 1.88. The summed E-state index contributed by atoms with van der Waals surface area (Å²) in [7, 11) is 0. The second kappa shape index (κ2) is 9.54. The Bertz CT molecular complexity index is 823. The van der Waals surface area contributed by atoms with Gasteiger partial charge in [-0.05, 0) is 31.5 Å². The third-order valence-corrected chi connectivity index (χ3v) is 4.59. The topological polar surface area (TPSA) is 83.1 Å². The molecule has 0 bridgehead atoms. The Hall–Kier alpha value is -2.62. The monoisotopic (exact) mass is 414 g/mol. The molecule has 0 aliphatic heterocycles. The molecule has 6 nitrogen and oxygen atoms in total. The van der Waals surface area contributed by atoms with Gasteiger partial charge in [-0.2, -0.15) is 13.2 Å². The molecular formula is C18H21F3N4O2S. The number of nitrogens with zero attached hydrogens (tertiary/aromatic N) is 1. The van der Waals surface area contributed by atoms with E-state index < -0.39 is 17.6 Å². The van der Waals surface area contributed by atoms with E-state index in [1.54, 1.807) is 0 Å². The molecule has 152 valence electrons. The molecule has 1 heterocycles. The lowest BCUT2D eigenvalue weighted by molar-refractivity contribution is -0.137. The molecule has 3 N–H and O–H groups in total. The van der Waals surface area contributed by atoms with Crippen LogP contribution < -0.4 is 16.0 Å². The summed E-state index contributed by atoms with van der Waals surface area (Å²) in [5.74, 6) is -0.607. The first-order valence-electron chi connectivity index (χ1n) is 8.66. The van der Waals surface area contributed by atoms with Crippen molar-refractivity contribution in [3.63, 3.8) is 0 Å². The van der Waals surface area contributed by atoms with E-state index in [9.17, 15) is 22.8 Å². The van der Waals surface area contributed by atoms with Crippen molar-refractivity contribution in [1.29, 1.82) is 0 Å². The van der Waals surface area contributed by atoms with Crippen LogP contribution in [-0.4, -0.2) is 29.4 Å². The van der Waals surface area contributed by atoms with Gasteiger partial charge < -0.3 is 16.0 Å². The lowest BCUT2D eigenvalue weighted by Crippen LogP contribution is -2.35. The van der Waals surface area contributed by atoms with E-state index in [4.69, 9.17) is 0 Å². The highest BCUT2D eigenvalue weighted by molar-refractivity contribution is 7.14. The summed E-state index contributed by atoms with van der Waals surface area (Å²) in [6.07, 6.45) is -3.47. The van der Waals surface area contributed by atoms with E-state index in [0.717, 1.165) is 29.9 Å². The van der Waals surface area contributed by atoms with Crippen molar-refractivity contribution in [3.05, 3.63) is 40.9 Å². The summed E-state index contributed by atoms with van der Waals surface area (Å²) in [5, 5.41) is 9.93. The lowest BCUT2D eigenvalue weighted by atomic mass is 10.2. The van der Waals surface area contributed by atoms with Gasteiger partial charge in [0.25, 0.3) is 5.91 Å². The largest absolute Gasteiger partial charge is 0.416 e. The fourth-order valence-electron chi connectivity index (χ4n) is 2.16. The minimum Gasteiger partial charge on any atom is -0.354 e. The zero-order valence-electron chi connectivity index (χ0n) is 15.4. The number of aromatic nitrogens is 1. The smallest absolute Gasteiger partial charge is 0.354 e. The minimum atomic E-state index is -4.44. The molecule has 0 saturated carbocycles. The summed E-state index contributed by atoms with van der Waals surface area (Å²) in [5.41, 5.74) is -0.428. The highest BCUT2D eigenvalue weighted by atomic mass is 32.1. The third kappa shape index (κ3) is 6.52. The highest BCUT2D eigenvalue weighted by Crippen LogP contribution is 2.31. The van der Waals surface area contributed by atoms with Crippen molar-refractivity contribution in [2.75, 3.05) is 11.9 Å². The number of carbonyl (C=O) groups excluding carboxylic acids is 2. The average molecular weight is 414 g/mol. The van der Waals surface area contributed by atoms with Gasteiger partial charge in [-0.15, -0.1) is 11.3 Å². The van der Waals surface area contributed by atoms with Gasteiger partial charge in [-0.3, -0.25) is 9.59 Å². The molecule has 0 saturated heterocycles. The number of amides is 2. The van der Waals surface area contributed by atoms with Gasteiger partial charge in [0, 0.05) is 30.1 Å². The second-order valence-electron chi connectivity index (χ2n) is 6.12. The molecule has 28 heavy (non-hydrogen) atoms. The minimum absolute atomic E-state index is 0.0752. The molecule has 0 fully saturated rings. The van der Waals surface area contributed by atoms with Crippen molar-refractivity contribution >= 4 is 34.0 Å². The summed E-state index contributed by atoms with van der Waals surface area (Å²) in [4.78, 5) is 27.8. The van der Waals surface area contributed by atoms with Gasteiger partial charge in [0.2, 0.25) is 5.91 Å². The van der Waals surface area contributed by atoms with Crippen LogP contribution in [0.5, 0.6) is 0 Å². The van der Waals surface area contributed by atoms with Crippen LogP contribution in [0.1, 0.15) is 42.7 Å². The predicted octanol–water partition coefficient (Wildman–Crippen LogP) is 3.94. The van der Waals surface area contributed by atoms with Crippen molar-refractivity contribution in [3.8, 4) is 0 Å². The average Bonchev–Trinajstić information content (AvgIpc) is 3.09. The maximum absolute atomic E-state index is 12.8. The Labute approximate surface area is 164 Å². The third-order valence-electron chi connectivity index (χ3n) is 3.84. The van der Waals surface area contributed by atoms with E-state index in [1.165, 1.54) is 17.5 Å². The van der Waals surface area contributed by atoms with Gasteiger partial charge in [0.1, 0.15) is 5.69 Å². The molecule has 1 aromatic carbocycles. The normalized spacial score (nSPS) is 12.3. The number of nitrogens with one attached hydrogen (secondary N) is 3. The zero-order valence-corrected chi connectivity index (χ0v) is 16.2. The molecule has 1 unspecified atom stereocenters. The number of alkyl halides is 3. The van der Waals surface area contributed by atoms with E-state index in [0.29, 0.717) is 5.13 Å². The zero-order chi connectivity index (χ0) is 20.7. The number of rotatable bonds is 8. The number of carbonyl (C=O) groups is 2. The van der Waals surface area contributed by atoms with Gasteiger partial charge in [0.05, 0.1) is 5.56 Å². The highest BCUT2D eigenvalue weighted by Gasteiger charge is 2.30. The lowest BCUT2D eigenvalue weighted by Gasteiger charge is -2.11.